The maximum Gasteiger partial charge on any atom is 0.380 e. The highest BCUT2D eigenvalue weighted by molar-refractivity contribution is 5.86. The number of carbonyl (C=O) groups excluding carboxylic acids is 2. The third-order valence-electron chi connectivity index (χ3n) is 3.87. The van der Waals surface area contributed by atoms with Crippen LogP contribution in [-0.4, -0.2) is 52.6 Å². The molecule has 2 heterocycles. The van der Waals surface area contributed by atoms with Crippen LogP contribution in [0.5, 0.6) is 0 Å². The Balaban J connectivity index is 2.30. The third-order valence-corrected chi connectivity index (χ3v) is 3.87. The maximum atomic E-state index is 14.1. The molecule has 2 aliphatic rings. The van der Waals surface area contributed by atoms with Crippen LogP contribution in [-0.2, 0) is 14.3 Å². The molecule has 0 aromatic carbocycles. The summed E-state index contributed by atoms with van der Waals surface area (Å²) in [7, 11) is 0. The van der Waals surface area contributed by atoms with Crippen molar-refractivity contribution in [2.45, 2.75) is 50.2 Å². The van der Waals surface area contributed by atoms with Gasteiger partial charge in [0.25, 0.3) is 0 Å². The standard InChI is InChI=1S/C12H17F2NO4/c1-2-19-10(17)12(13,14)11(18)7-9(16)15-6-4-3-5-8(11)15/h8,18H,2-7H2,1H3. The van der Waals surface area contributed by atoms with Gasteiger partial charge in [0.15, 0.2) is 5.60 Å². The molecule has 19 heavy (non-hydrogen) atoms. The van der Waals surface area contributed by atoms with Gasteiger partial charge in [0.1, 0.15) is 0 Å². The van der Waals surface area contributed by atoms with E-state index in [1.807, 2.05) is 0 Å². The van der Waals surface area contributed by atoms with Crippen molar-refractivity contribution in [3.63, 3.8) is 0 Å². The van der Waals surface area contributed by atoms with E-state index in [1.165, 1.54) is 11.8 Å². The summed E-state index contributed by atoms with van der Waals surface area (Å²) >= 11 is 0. The van der Waals surface area contributed by atoms with Gasteiger partial charge in [-0.25, -0.2) is 4.79 Å². The molecule has 2 aliphatic heterocycles. The Morgan fingerprint density at radius 1 is 1.58 bits per heavy atom. The number of halogens is 2. The molecule has 0 aromatic heterocycles. The Kier molecular flexibility index (Phi) is 3.51. The molecule has 2 unspecified atom stereocenters. The average Bonchev–Trinajstić information content (AvgIpc) is 2.64. The molecular formula is C12H17F2NO4. The summed E-state index contributed by atoms with van der Waals surface area (Å²) < 4.78 is 32.6. The number of hydrogen-bond acceptors (Lipinski definition) is 4. The predicted octanol–water partition coefficient (Wildman–Crippen LogP) is 0.701. The Morgan fingerprint density at radius 3 is 2.89 bits per heavy atom. The van der Waals surface area contributed by atoms with Crippen molar-refractivity contribution in [3.8, 4) is 0 Å². The lowest BCUT2D eigenvalue weighted by Crippen LogP contribution is -2.61. The first-order valence-corrected chi connectivity index (χ1v) is 6.41. The van der Waals surface area contributed by atoms with Gasteiger partial charge in [-0.3, -0.25) is 4.79 Å². The van der Waals surface area contributed by atoms with Gasteiger partial charge < -0.3 is 14.7 Å². The largest absolute Gasteiger partial charge is 0.461 e. The summed E-state index contributed by atoms with van der Waals surface area (Å²) in [5.41, 5.74) is -2.66. The number of amides is 1. The zero-order chi connectivity index (χ0) is 14.3. The van der Waals surface area contributed by atoms with Gasteiger partial charge in [0.2, 0.25) is 5.91 Å². The van der Waals surface area contributed by atoms with Crippen molar-refractivity contribution in [2.75, 3.05) is 13.2 Å². The number of rotatable bonds is 3. The molecule has 5 nitrogen and oxygen atoms in total. The second-order valence-corrected chi connectivity index (χ2v) is 4.99. The first kappa shape index (κ1) is 14.2. The van der Waals surface area contributed by atoms with Crippen LogP contribution in [0.1, 0.15) is 32.6 Å². The molecule has 1 amide bonds. The van der Waals surface area contributed by atoms with Crippen LogP contribution in [0.3, 0.4) is 0 Å². The molecular weight excluding hydrogens is 260 g/mol. The maximum absolute atomic E-state index is 14.1. The number of carbonyl (C=O) groups is 2. The van der Waals surface area contributed by atoms with Crippen molar-refractivity contribution >= 4 is 11.9 Å². The highest BCUT2D eigenvalue weighted by Gasteiger charge is 2.69. The Bertz CT molecular complexity index is 401. The number of nitrogens with zero attached hydrogens (tertiary/aromatic N) is 1. The molecule has 7 heteroatoms. The SMILES string of the molecule is CCOC(=O)C(F)(F)C1(O)CC(=O)N2CCCCC21. The second kappa shape index (κ2) is 4.70. The molecule has 0 radical (unpaired) electrons. The number of hydrogen-bond donors (Lipinski definition) is 1. The molecule has 0 spiro atoms. The molecule has 0 saturated carbocycles. The van der Waals surface area contributed by atoms with Gasteiger partial charge in [-0.05, 0) is 26.2 Å². The minimum Gasteiger partial charge on any atom is -0.461 e. The number of piperidine rings is 1. The monoisotopic (exact) mass is 277 g/mol. The minimum absolute atomic E-state index is 0.202. The van der Waals surface area contributed by atoms with Crippen LogP contribution in [0.25, 0.3) is 0 Å². The lowest BCUT2D eigenvalue weighted by atomic mass is 9.83. The van der Waals surface area contributed by atoms with Crippen LogP contribution < -0.4 is 0 Å². The fourth-order valence-corrected chi connectivity index (χ4v) is 2.90. The molecule has 2 rings (SSSR count). The van der Waals surface area contributed by atoms with E-state index >= 15 is 0 Å². The van der Waals surface area contributed by atoms with E-state index in [0.29, 0.717) is 13.0 Å². The second-order valence-electron chi connectivity index (χ2n) is 4.99. The van der Waals surface area contributed by atoms with Crippen molar-refractivity contribution in [1.29, 1.82) is 0 Å². The van der Waals surface area contributed by atoms with E-state index in [0.717, 1.165) is 6.42 Å². The topological polar surface area (TPSA) is 66.8 Å². The van der Waals surface area contributed by atoms with Crippen molar-refractivity contribution < 1.29 is 28.2 Å². The molecule has 108 valence electrons. The number of ether oxygens (including phenoxy) is 1. The number of aliphatic hydroxyl groups is 1. The van der Waals surface area contributed by atoms with E-state index in [4.69, 9.17) is 0 Å². The molecule has 2 saturated heterocycles. The zero-order valence-electron chi connectivity index (χ0n) is 10.7. The van der Waals surface area contributed by atoms with Crippen LogP contribution in [0, 0.1) is 0 Å². The molecule has 0 bridgehead atoms. The number of fused-ring (bicyclic) bond motifs is 1. The van der Waals surface area contributed by atoms with Crippen LogP contribution >= 0.6 is 0 Å². The Morgan fingerprint density at radius 2 is 2.26 bits per heavy atom. The molecule has 0 aliphatic carbocycles. The highest BCUT2D eigenvalue weighted by Crippen LogP contribution is 2.45. The summed E-state index contributed by atoms with van der Waals surface area (Å²) in [6, 6.07) is -1.01. The third kappa shape index (κ3) is 2.00. The van der Waals surface area contributed by atoms with E-state index in [-0.39, 0.29) is 13.0 Å². The van der Waals surface area contributed by atoms with Crippen molar-refractivity contribution in [2.24, 2.45) is 0 Å². The van der Waals surface area contributed by atoms with E-state index < -0.39 is 35.9 Å². The summed E-state index contributed by atoms with van der Waals surface area (Å²) in [5.74, 6) is -6.37. The van der Waals surface area contributed by atoms with Gasteiger partial charge in [0, 0.05) is 6.54 Å². The number of esters is 1. The lowest BCUT2D eigenvalue weighted by Gasteiger charge is -2.39. The van der Waals surface area contributed by atoms with Crippen LogP contribution in [0.4, 0.5) is 8.78 Å². The number of alkyl halides is 2. The van der Waals surface area contributed by atoms with Gasteiger partial charge in [-0.15, -0.1) is 0 Å². The first-order valence-electron chi connectivity index (χ1n) is 6.41. The van der Waals surface area contributed by atoms with Gasteiger partial charge in [-0.2, -0.15) is 8.78 Å². The normalized spacial score (nSPS) is 31.3. The van der Waals surface area contributed by atoms with Crippen LogP contribution in [0.15, 0.2) is 0 Å². The fraction of sp³-hybridized carbons (Fsp3) is 0.833. The summed E-state index contributed by atoms with van der Waals surface area (Å²) in [5, 5.41) is 10.3. The average molecular weight is 277 g/mol. The van der Waals surface area contributed by atoms with E-state index in [9.17, 15) is 23.5 Å². The molecule has 0 aromatic rings. The summed E-state index contributed by atoms with van der Waals surface area (Å²) in [6.07, 6.45) is 0.916. The Labute approximate surface area is 109 Å². The van der Waals surface area contributed by atoms with Crippen molar-refractivity contribution in [1.82, 2.24) is 4.90 Å². The van der Waals surface area contributed by atoms with E-state index in [2.05, 4.69) is 4.74 Å². The Hall–Kier alpha value is -1.24. The van der Waals surface area contributed by atoms with Gasteiger partial charge >= 0.3 is 11.9 Å². The quantitative estimate of drug-likeness (QED) is 0.771. The minimum atomic E-state index is -4.07. The van der Waals surface area contributed by atoms with Gasteiger partial charge in [0.05, 0.1) is 19.1 Å². The molecule has 1 N–H and O–H groups in total. The predicted molar refractivity (Wildman–Crippen MR) is 60.5 cm³/mol. The summed E-state index contributed by atoms with van der Waals surface area (Å²) in [6.45, 7) is 1.56. The van der Waals surface area contributed by atoms with E-state index in [1.54, 1.807) is 0 Å². The van der Waals surface area contributed by atoms with Gasteiger partial charge in [-0.1, -0.05) is 0 Å². The highest BCUT2D eigenvalue weighted by atomic mass is 19.3. The smallest absolute Gasteiger partial charge is 0.380 e. The lowest BCUT2D eigenvalue weighted by molar-refractivity contribution is -0.220. The molecule has 2 atom stereocenters. The zero-order valence-corrected chi connectivity index (χ0v) is 10.7. The first-order chi connectivity index (χ1) is 8.84. The molecule has 2 fully saturated rings. The fourth-order valence-electron chi connectivity index (χ4n) is 2.90. The van der Waals surface area contributed by atoms with Crippen LogP contribution in [0.2, 0.25) is 0 Å². The van der Waals surface area contributed by atoms with Crippen molar-refractivity contribution in [3.05, 3.63) is 0 Å². The summed E-state index contributed by atoms with van der Waals surface area (Å²) in [4.78, 5) is 24.4.